The maximum atomic E-state index is 12.4. The van der Waals surface area contributed by atoms with Gasteiger partial charge in [-0.25, -0.2) is 0 Å². The monoisotopic (exact) mass is 389 g/mol. The molecule has 2 N–H and O–H groups in total. The number of nitrogens with one attached hydrogen (secondary N) is 2. The maximum Gasteiger partial charge on any atom is 0.277 e. The molecule has 0 spiro atoms. The fraction of sp³-hybridized carbons (Fsp3) is 0.100. The van der Waals surface area contributed by atoms with Crippen molar-refractivity contribution >= 4 is 34.3 Å². The molecular formula is C20H15N5O2S. The molecule has 7 nitrogen and oxygen atoms in total. The molecular weight excluding hydrogens is 374 g/mol. The number of hydrogen-bond donors (Lipinski definition) is 2. The second kappa shape index (κ2) is 7.58. The van der Waals surface area contributed by atoms with Crippen LogP contribution in [-0.2, 0) is 4.79 Å². The summed E-state index contributed by atoms with van der Waals surface area (Å²) in [5.41, 5.74) is 2.97. The molecule has 8 heteroatoms. The van der Waals surface area contributed by atoms with Crippen molar-refractivity contribution in [2.75, 3.05) is 5.32 Å². The van der Waals surface area contributed by atoms with Gasteiger partial charge in [0.15, 0.2) is 0 Å². The lowest BCUT2D eigenvalue weighted by molar-refractivity contribution is -0.115. The van der Waals surface area contributed by atoms with Gasteiger partial charge in [0, 0.05) is 22.8 Å². The molecule has 4 aromatic rings. The average molecular weight is 389 g/mol. The molecule has 0 aliphatic carbocycles. The van der Waals surface area contributed by atoms with E-state index in [4.69, 9.17) is 9.68 Å². The van der Waals surface area contributed by atoms with E-state index in [2.05, 4.69) is 20.5 Å². The number of hydrogen-bond acceptors (Lipinski definition) is 6. The molecule has 4 rings (SSSR count). The van der Waals surface area contributed by atoms with Crippen LogP contribution in [0.3, 0.4) is 0 Å². The third-order valence-electron chi connectivity index (χ3n) is 4.15. The lowest BCUT2D eigenvalue weighted by Gasteiger charge is -2.09. The molecule has 0 aliphatic rings. The Morgan fingerprint density at radius 1 is 1.21 bits per heavy atom. The molecule has 2 aromatic carbocycles. The Kier molecular flexibility index (Phi) is 4.83. The third kappa shape index (κ3) is 3.61. The summed E-state index contributed by atoms with van der Waals surface area (Å²) in [6.07, 6.45) is 1.83. The molecule has 0 radical (unpaired) electrons. The van der Waals surface area contributed by atoms with Gasteiger partial charge in [-0.05, 0) is 37.3 Å². The number of thioether (sulfide) groups is 1. The van der Waals surface area contributed by atoms with Gasteiger partial charge in [-0.1, -0.05) is 30.0 Å². The first kappa shape index (κ1) is 17.8. The van der Waals surface area contributed by atoms with Gasteiger partial charge in [0.1, 0.15) is 0 Å². The van der Waals surface area contributed by atoms with Gasteiger partial charge in [0.2, 0.25) is 5.91 Å². The minimum Gasteiger partial charge on any atom is -0.411 e. The summed E-state index contributed by atoms with van der Waals surface area (Å²) in [4.78, 5) is 15.6. The zero-order chi connectivity index (χ0) is 19.5. The lowest BCUT2D eigenvalue weighted by atomic mass is 10.2. The molecule has 0 aliphatic heterocycles. The number of aromatic amines is 1. The van der Waals surface area contributed by atoms with Gasteiger partial charge < -0.3 is 14.7 Å². The number of para-hydroxylation sites is 1. The summed E-state index contributed by atoms with van der Waals surface area (Å²) in [7, 11) is 0. The number of benzene rings is 2. The van der Waals surface area contributed by atoms with E-state index in [0.29, 0.717) is 22.4 Å². The van der Waals surface area contributed by atoms with Crippen molar-refractivity contribution in [3.63, 3.8) is 0 Å². The minimum absolute atomic E-state index is 0.193. The van der Waals surface area contributed by atoms with Crippen LogP contribution in [0.2, 0.25) is 0 Å². The van der Waals surface area contributed by atoms with Crippen molar-refractivity contribution in [2.45, 2.75) is 17.4 Å². The van der Waals surface area contributed by atoms with E-state index in [1.54, 1.807) is 31.2 Å². The number of anilines is 1. The number of rotatable bonds is 5. The molecule has 138 valence electrons. The van der Waals surface area contributed by atoms with Crippen molar-refractivity contribution < 1.29 is 9.21 Å². The molecule has 2 aromatic heterocycles. The van der Waals surface area contributed by atoms with Gasteiger partial charge in [-0.2, -0.15) is 5.26 Å². The molecule has 0 bridgehead atoms. The van der Waals surface area contributed by atoms with Gasteiger partial charge >= 0.3 is 0 Å². The fourth-order valence-electron chi connectivity index (χ4n) is 2.69. The van der Waals surface area contributed by atoms with Crippen LogP contribution in [0, 0.1) is 11.3 Å². The zero-order valence-corrected chi connectivity index (χ0v) is 15.7. The third-order valence-corrected chi connectivity index (χ3v) is 5.09. The summed E-state index contributed by atoms with van der Waals surface area (Å²) in [6, 6.07) is 16.6. The van der Waals surface area contributed by atoms with Crippen LogP contribution in [0.15, 0.2) is 64.4 Å². The van der Waals surface area contributed by atoms with Crippen molar-refractivity contribution in [2.24, 2.45) is 0 Å². The van der Waals surface area contributed by atoms with E-state index >= 15 is 0 Å². The quantitative estimate of drug-likeness (QED) is 0.495. The Hall–Kier alpha value is -3.57. The van der Waals surface area contributed by atoms with E-state index in [0.717, 1.165) is 16.5 Å². The van der Waals surface area contributed by atoms with E-state index < -0.39 is 5.25 Å². The Balaban J connectivity index is 1.44. The number of H-pyrrole nitrogens is 1. The van der Waals surface area contributed by atoms with Crippen LogP contribution in [0.1, 0.15) is 12.5 Å². The van der Waals surface area contributed by atoms with Crippen molar-refractivity contribution in [1.82, 2.24) is 15.2 Å². The normalized spacial score (nSPS) is 11.9. The molecule has 28 heavy (non-hydrogen) atoms. The topological polar surface area (TPSA) is 108 Å². The first-order valence-electron chi connectivity index (χ1n) is 8.52. The van der Waals surface area contributed by atoms with Gasteiger partial charge in [0.25, 0.3) is 11.1 Å². The highest BCUT2D eigenvalue weighted by Gasteiger charge is 2.20. The highest BCUT2D eigenvalue weighted by Crippen LogP contribution is 2.30. The Labute approximate surface area is 164 Å². The van der Waals surface area contributed by atoms with Crippen molar-refractivity contribution in [3.05, 3.63) is 60.3 Å². The molecule has 0 unspecified atom stereocenters. The predicted octanol–water partition coefficient (Wildman–Crippen LogP) is 4.21. The molecule has 1 amide bonds. The van der Waals surface area contributed by atoms with Crippen LogP contribution in [0.4, 0.5) is 5.69 Å². The molecule has 0 saturated heterocycles. The van der Waals surface area contributed by atoms with E-state index in [-0.39, 0.29) is 5.91 Å². The molecule has 2 heterocycles. The van der Waals surface area contributed by atoms with Crippen LogP contribution in [0.5, 0.6) is 0 Å². The maximum absolute atomic E-state index is 12.4. The van der Waals surface area contributed by atoms with Gasteiger partial charge in [-0.3, -0.25) is 4.79 Å². The average Bonchev–Trinajstić information content (AvgIpc) is 3.35. The minimum atomic E-state index is -0.438. The molecule has 0 saturated carbocycles. The number of fused-ring (bicyclic) bond motifs is 1. The summed E-state index contributed by atoms with van der Waals surface area (Å²) >= 11 is 1.19. The first-order chi connectivity index (χ1) is 13.6. The second-order valence-electron chi connectivity index (χ2n) is 6.06. The number of carbonyl (C=O) groups is 1. The smallest absolute Gasteiger partial charge is 0.277 e. The zero-order valence-electron chi connectivity index (χ0n) is 14.8. The number of nitrogens with zero attached hydrogens (tertiary/aromatic N) is 3. The van der Waals surface area contributed by atoms with E-state index in [9.17, 15) is 4.79 Å². The number of carbonyl (C=O) groups excluding carboxylic acids is 1. The summed E-state index contributed by atoms with van der Waals surface area (Å²) in [6.45, 7) is 1.76. The highest BCUT2D eigenvalue weighted by molar-refractivity contribution is 8.00. The first-order valence-corrected chi connectivity index (χ1v) is 9.39. The highest BCUT2D eigenvalue weighted by atomic mass is 32.2. The van der Waals surface area contributed by atoms with Crippen molar-refractivity contribution in [3.8, 4) is 17.5 Å². The van der Waals surface area contributed by atoms with Gasteiger partial charge in [0.05, 0.1) is 22.4 Å². The van der Waals surface area contributed by atoms with Crippen LogP contribution in [-0.4, -0.2) is 26.3 Å². The van der Waals surface area contributed by atoms with E-state index in [1.165, 1.54) is 11.8 Å². The standard InChI is InChI=1S/C20H15N5O2S/c1-12(18(26)23-14-8-6-13(10-21)7-9-14)28-20-25-24-19(27-20)16-11-22-17-5-3-2-4-15(16)17/h2-9,11-12,22H,1H3,(H,23,26)/t12-/m0/s1. The number of aromatic nitrogens is 3. The second-order valence-corrected chi connectivity index (χ2v) is 7.35. The number of nitriles is 1. The lowest BCUT2D eigenvalue weighted by Crippen LogP contribution is -2.22. The Bertz CT molecular complexity index is 1170. The van der Waals surface area contributed by atoms with Crippen LogP contribution < -0.4 is 5.32 Å². The van der Waals surface area contributed by atoms with E-state index in [1.807, 2.05) is 36.5 Å². The molecule has 1 atom stereocenters. The van der Waals surface area contributed by atoms with Crippen LogP contribution >= 0.6 is 11.8 Å². The predicted molar refractivity (Wildman–Crippen MR) is 107 cm³/mol. The van der Waals surface area contributed by atoms with Crippen LogP contribution in [0.25, 0.3) is 22.4 Å². The summed E-state index contributed by atoms with van der Waals surface area (Å²) < 4.78 is 5.74. The summed E-state index contributed by atoms with van der Waals surface area (Å²) in [5, 5.41) is 20.7. The van der Waals surface area contributed by atoms with Crippen molar-refractivity contribution in [1.29, 1.82) is 5.26 Å². The number of amides is 1. The fourth-order valence-corrected chi connectivity index (χ4v) is 3.37. The largest absolute Gasteiger partial charge is 0.411 e. The Morgan fingerprint density at radius 3 is 2.79 bits per heavy atom. The summed E-state index contributed by atoms with van der Waals surface area (Å²) in [5.74, 6) is 0.209. The Morgan fingerprint density at radius 2 is 2.00 bits per heavy atom. The molecule has 0 fully saturated rings. The SMILES string of the molecule is C[C@H](Sc1nnc(-c2c[nH]c3ccccc23)o1)C(=O)Nc1ccc(C#N)cc1. The van der Waals surface area contributed by atoms with Gasteiger partial charge in [-0.15, -0.1) is 10.2 Å².